The standard InChI is InChI=1S/C30H29ClN2O4/c31-24-16-26-25(32-30(33-26)37-28-17-36-27-11-14-35-29(27)28)15-23(24)22-7-5-19(6-8-22)18-1-3-20(4-2-18)21-9-12-34-13-10-21/h1-8,15-16,21,27-29H,9-14,17H2,(H,32,33)/t27-,28-,29+/m1/s1. The summed E-state index contributed by atoms with van der Waals surface area (Å²) >= 11 is 6.70. The lowest BCUT2D eigenvalue weighted by atomic mass is 9.90. The topological polar surface area (TPSA) is 65.6 Å². The number of halogens is 1. The van der Waals surface area contributed by atoms with Crippen LogP contribution in [0.2, 0.25) is 5.02 Å². The number of rotatable bonds is 5. The number of benzene rings is 3. The first-order valence-electron chi connectivity index (χ1n) is 13.1. The van der Waals surface area contributed by atoms with Crippen molar-refractivity contribution in [2.75, 3.05) is 26.4 Å². The molecule has 4 heterocycles. The summed E-state index contributed by atoms with van der Waals surface area (Å²) in [6.07, 6.45) is 3.08. The predicted molar refractivity (Wildman–Crippen MR) is 143 cm³/mol. The van der Waals surface area contributed by atoms with Crippen molar-refractivity contribution in [3.8, 4) is 28.3 Å². The van der Waals surface area contributed by atoms with E-state index in [0.29, 0.717) is 30.2 Å². The Bertz CT molecular complexity index is 1400. The van der Waals surface area contributed by atoms with E-state index in [1.807, 2.05) is 12.1 Å². The highest BCUT2D eigenvalue weighted by molar-refractivity contribution is 6.34. The summed E-state index contributed by atoms with van der Waals surface area (Å²) in [6.45, 7) is 2.96. The van der Waals surface area contributed by atoms with Crippen LogP contribution in [-0.2, 0) is 14.2 Å². The lowest BCUT2D eigenvalue weighted by molar-refractivity contribution is 0.0273. The van der Waals surface area contributed by atoms with Gasteiger partial charge in [-0.1, -0.05) is 60.1 Å². The van der Waals surface area contributed by atoms with E-state index in [1.54, 1.807) is 0 Å². The fourth-order valence-electron chi connectivity index (χ4n) is 5.78. The number of nitrogens with one attached hydrogen (secondary N) is 1. The minimum atomic E-state index is -0.152. The molecule has 0 bridgehead atoms. The maximum atomic E-state index is 6.70. The smallest absolute Gasteiger partial charge is 0.295 e. The fraction of sp³-hybridized carbons (Fsp3) is 0.367. The van der Waals surface area contributed by atoms with Gasteiger partial charge in [0.25, 0.3) is 6.01 Å². The Hall–Kier alpha value is -2.90. The molecule has 7 rings (SSSR count). The monoisotopic (exact) mass is 516 g/mol. The molecule has 0 spiro atoms. The van der Waals surface area contributed by atoms with Crippen LogP contribution >= 0.6 is 11.6 Å². The van der Waals surface area contributed by atoms with Crippen molar-refractivity contribution in [3.05, 3.63) is 71.2 Å². The van der Waals surface area contributed by atoms with Gasteiger partial charge in [0.15, 0.2) is 6.10 Å². The molecule has 1 N–H and O–H groups in total. The quantitative estimate of drug-likeness (QED) is 0.333. The molecule has 1 aromatic heterocycles. The van der Waals surface area contributed by atoms with Gasteiger partial charge >= 0.3 is 0 Å². The molecule has 0 radical (unpaired) electrons. The van der Waals surface area contributed by atoms with Crippen molar-refractivity contribution < 1.29 is 18.9 Å². The van der Waals surface area contributed by atoms with Crippen LogP contribution in [0.15, 0.2) is 60.7 Å². The van der Waals surface area contributed by atoms with Crippen molar-refractivity contribution in [2.45, 2.75) is 43.5 Å². The Morgan fingerprint density at radius 3 is 2.35 bits per heavy atom. The highest BCUT2D eigenvalue weighted by Crippen LogP contribution is 2.35. The van der Waals surface area contributed by atoms with Gasteiger partial charge in [0.2, 0.25) is 0 Å². The van der Waals surface area contributed by atoms with Crippen LogP contribution in [0.3, 0.4) is 0 Å². The highest BCUT2D eigenvalue weighted by Gasteiger charge is 2.43. The van der Waals surface area contributed by atoms with E-state index < -0.39 is 0 Å². The van der Waals surface area contributed by atoms with Gasteiger partial charge < -0.3 is 23.9 Å². The first-order valence-corrected chi connectivity index (χ1v) is 13.5. The van der Waals surface area contributed by atoms with Gasteiger partial charge in [-0.3, -0.25) is 0 Å². The molecule has 6 nitrogen and oxygen atoms in total. The molecule has 3 fully saturated rings. The van der Waals surface area contributed by atoms with E-state index in [1.165, 1.54) is 16.7 Å². The third kappa shape index (κ3) is 4.53. The average Bonchev–Trinajstić information content (AvgIpc) is 3.66. The predicted octanol–water partition coefficient (Wildman–Crippen LogP) is 6.38. The normalized spacial score (nSPS) is 24.0. The Kier molecular flexibility index (Phi) is 6.13. The number of nitrogens with zero attached hydrogens (tertiary/aromatic N) is 1. The van der Waals surface area contributed by atoms with Gasteiger partial charge in [0.1, 0.15) is 6.10 Å². The van der Waals surface area contributed by atoms with Crippen molar-refractivity contribution in [1.82, 2.24) is 9.97 Å². The molecular formula is C30H29ClN2O4. The van der Waals surface area contributed by atoms with Crippen LogP contribution in [-0.4, -0.2) is 54.7 Å². The summed E-state index contributed by atoms with van der Waals surface area (Å²) in [6, 6.07) is 21.9. The second kappa shape index (κ2) is 9.76. The van der Waals surface area contributed by atoms with Gasteiger partial charge in [-0.2, -0.15) is 4.98 Å². The van der Waals surface area contributed by atoms with Crippen LogP contribution in [0.1, 0.15) is 30.7 Å². The number of aromatic nitrogens is 2. The molecule has 7 heteroatoms. The largest absolute Gasteiger partial charge is 0.456 e. The summed E-state index contributed by atoms with van der Waals surface area (Å²) in [5.74, 6) is 0.606. The van der Waals surface area contributed by atoms with Crippen LogP contribution in [0, 0.1) is 0 Å². The number of aromatic amines is 1. The summed E-state index contributed by atoms with van der Waals surface area (Å²) < 4.78 is 23.2. The summed E-state index contributed by atoms with van der Waals surface area (Å²) in [7, 11) is 0. The maximum Gasteiger partial charge on any atom is 0.295 e. The molecule has 3 aliphatic rings. The molecule has 3 aromatic carbocycles. The van der Waals surface area contributed by atoms with E-state index >= 15 is 0 Å². The second-order valence-electron chi connectivity index (χ2n) is 10.1. The van der Waals surface area contributed by atoms with Crippen molar-refractivity contribution in [1.29, 1.82) is 0 Å². The van der Waals surface area contributed by atoms with E-state index in [-0.39, 0.29) is 18.3 Å². The number of H-pyrrole nitrogens is 1. The lowest BCUT2D eigenvalue weighted by Gasteiger charge is -2.22. The highest BCUT2D eigenvalue weighted by atomic mass is 35.5. The van der Waals surface area contributed by atoms with E-state index in [2.05, 4.69) is 58.5 Å². The van der Waals surface area contributed by atoms with E-state index in [0.717, 1.165) is 54.6 Å². The summed E-state index contributed by atoms with van der Waals surface area (Å²) in [4.78, 5) is 7.92. The average molecular weight is 517 g/mol. The SMILES string of the molecule is Clc1cc2[nH]c(O[C@@H]3CO[C@@H]4CCO[C@@H]43)nc2cc1-c1ccc(-c2ccc(C3CCOCC3)cc2)cc1. The third-order valence-electron chi connectivity index (χ3n) is 7.86. The van der Waals surface area contributed by atoms with Crippen LogP contribution < -0.4 is 4.74 Å². The number of imidazole rings is 1. The Balaban J connectivity index is 1.09. The van der Waals surface area contributed by atoms with Crippen molar-refractivity contribution in [3.63, 3.8) is 0 Å². The molecule has 37 heavy (non-hydrogen) atoms. The molecular weight excluding hydrogens is 488 g/mol. The molecule has 3 aliphatic heterocycles. The van der Waals surface area contributed by atoms with Gasteiger partial charge in [-0.05, 0) is 59.6 Å². The van der Waals surface area contributed by atoms with E-state index in [9.17, 15) is 0 Å². The number of ether oxygens (including phenoxy) is 4. The Labute approximate surface area is 220 Å². The van der Waals surface area contributed by atoms with Crippen LogP contribution in [0.25, 0.3) is 33.3 Å². The molecule has 0 amide bonds. The first-order chi connectivity index (χ1) is 18.2. The zero-order valence-electron chi connectivity index (χ0n) is 20.5. The van der Waals surface area contributed by atoms with Gasteiger partial charge in [0.05, 0.1) is 28.8 Å². The Morgan fingerprint density at radius 1 is 0.838 bits per heavy atom. The minimum absolute atomic E-state index is 0.0241. The minimum Gasteiger partial charge on any atom is -0.456 e. The first kappa shape index (κ1) is 23.2. The van der Waals surface area contributed by atoms with Crippen LogP contribution in [0.5, 0.6) is 6.01 Å². The molecule has 3 saturated heterocycles. The fourth-order valence-corrected chi connectivity index (χ4v) is 6.05. The summed E-state index contributed by atoms with van der Waals surface area (Å²) in [5, 5.41) is 0.666. The van der Waals surface area contributed by atoms with Crippen LogP contribution in [0.4, 0.5) is 0 Å². The van der Waals surface area contributed by atoms with E-state index in [4.69, 9.17) is 30.5 Å². The van der Waals surface area contributed by atoms with Crippen molar-refractivity contribution in [2.24, 2.45) is 0 Å². The maximum absolute atomic E-state index is 6.70. The van der Waals surface area contributed by atoms with Gasteiger partial charge in [0, 0.05) is 25.4 Å². The molecule has 4 aromatic rings. The molecule has 0 unspecified atom stereocenters. The number of hydrogen-bond acceptors (Lipinski definition) is 5. The third-order valence-corrected chi connectivity index (χ3v) is 8.18. The number of fused-ring (bicyclic) bond motifs is 2. The summed E-state index contributed by atoms with van der Waals surface area (Å²) in [5.41, 5.74) is 7.44. The van der Waals surface area contributed by atoms with Gasteiger partial charge in [-0.15, -0.1) is 0 Å². The molecule has 3 atom stereocenters. The zero-order chi connectivity index (χ0) is 24.8. The lowest BCUT2D eigenvalue weighted by Crippen LogP contribution is -2.32. The molecule has 0 aliphatic carbocycles. The zero-order valence-corrected chi connectivity index (χ0v) is 21.2. The number of hydrogen-bond donors (Lipinski definition) is 1. The molecule has 190 valence electrons. The van der Waals surface area contributed by atoms with Crippen molar-refractivity contribution >= 4 is 22.6 Å². The van der Waals surface area contributed by atoms with Gasteiger partial charge in [-0.25, -0.2) is 0 Å². The Morgan fingerprint density at radius 2 is 1.57 bits per heavy atom. The molecule has 0 saturated carbocycles. The second-order valence-corrected chi connectivity index (χ2v) is 10.5.